The van der Waals surface area contributed by atoms with Crippen molar-refractivity contribution in [3.63, 3.8) is 0 Å². The predicted octanol–water partition coefficient (Wildman–Crippen LogP) is 2.38. The number of hydrogen-bond donors (Lipinski definition) is 1. The van der Waals surface area contributed by atoms with Crippen LogP contribution in [-0.4, -0.2) is 60.3 Å². The van der Waals surface area contributed by atoms with Crippen molar-refractivity contribution in [1.82, 2.24) is 10.2 Å². The van der Waals surface area contributed by atoms with Gasteiger partial charge in [0.2, 0.25) is 5.91 Å². The predicted molar refractivity (Wildman–Crippen MR) is 97.7 cm³/mol. The highest BCUT2D eigenvalue weighted by Gasteiger charge is 2.45. The molecule has 1 aliphatic rings. The van der Waals surface area contributed by atoms with Gasteiger partial charge in [0.25, 0.3) is 0 Å². The van der Waals surface area contributed by atoms with Crippen LogP contribution in [0.3, 0.4) is 0 Å². The molecule has 3 atom stereocenters. The third-order valence-electron chi connectivity index (χ3n) is 4.02. The highest BCUT2D eigenvalue weighted by Crippen LogP contribution is 2.28. The fourth-order valence-electron chi connectivity index (χ4n) is 2.81. The van der Waals surface area contributed by atoms with Crippen molar-refractivity contribution in [3.8, 4) is 0 Å². The molecule has 152 valence electrons. The summed E-state index contributed by atoms with van der Waals surface area (Å²) in [4.78, 5) is 41.6. The van der Waals surface area contributed by atoms with Crippen molar-refractivity contribution in [3.05, 3.63) is 10.4 Å². The Hall–Kier alpha value is -2.48. The number of nitrogens with one attached hydrogen (secondary N) is 1. The Kier molecular flexibility index (Phi) is 7.08. The first-order chi connectivity index (χ1) is 12.3. The number of ether oxygens (including phenoxy) is 2. The summed E-state index contributed by atoms with van der Waals surface area (Å²) < 4.78 is 10.0. The SMILES string of the molecule is COC(=O)[C@@H]1C[C@H](N=[N+]=[N-])CN1C(=O)[C@@H](NC(=O)OC(C)(C)C)C(C)(C)C. The summed E-state index contributed by atoms with van der Waals surface area (Å²) in [6.07, 6.45) is -0.553. The molecule has 2 amide bonds. The van der Waals surface area contributed by atoms with E-state index in [4.69, 9.17) is 15.0 Å². The zero-order chi connectivity index (χ0) is 21.0. The van der Waals surface area contributed by atoms with E-state index in [1.165, 1.54) is 12.0 Å². The van der Waals surface area contributed by atoms with E-state index < -0.39 is 47.1 Å². The number of rotatable bonds is 4. The van der Waals surface area contributed by atoms with E-state index in [2.05, 4.69) is 15.3 Å². The van der Waals surface area contributed by atoms with Gasteiger partial charge in [-0.1, -0.05) is 25.9 Å². The maximum atomic E-state index is 13.2. The third-order valence-corrected chi connectivity index (χ3v) is 4.02. The average molecular weight is 383 g/mol. The van der Waals surface area contributed by atoms with Crippen molar-refractivity contribution in [2.75, 3.05) is 13.7 Å². The summed E-state index contributed by atoms with van der Waals surface area (Å²) in [6.45, 7) is 10.6. The van der Waals surface area contributed by atoms with Crippen LogP contribution in [-0.2, 0) is 19.1 Å². The van der Waals surface area contributed by atoms with Crippen LogP contribution < -0.4 is 5.32 Å². The van der Waals surface area contributed by atoms with Gasteiger partial charge in [-0.2, -0.15) is 0 Å². The summed E-state index contributed by atoms with van der Waals surface area (Å²) in [6, 6.07) is -2.35. The number of azide groups is 1. The lowest BCUT2D eigenvalue weighted by atomic mass is 9.85. The van der Waals surface area contributed by atoms with Gasteiger partial charge in [0.1, 0.15) is 17.7 Å². The second-order valence-electron chi connectivity index (χ2n) is 8.57. The molecule has 1 saturated heterocycles. The zero-order valence-electron chi connectivity index (χ0n) is 17.0. The molecule has 1 N–H and O–H groups in total. The lowest BCUT2D eigenvalue weighted by molar-refractivity contribution is -0.152. The number of amides is 2. The lowest BCUT2D eigenvalue weighted by Gasteiger charge is -2.35. The topological polar surface area (TPSA) is 134 Å². The molecule has 0 unspecified atom stereocenters. The van der Waals surface area contributed by atoms with Crippen LogP contribution in [0.1, 0.15) is 48.0 Å². The summed E-state index contributed by atoms with van der Waals surface area (Å²) in [5, 5.41) is 6.23. The summed E-state index contributed by atoms with van der Waals surface area (Å²) in [5.41, 5.74) is 7.30. The fraction of sp³-hybridized carbons (Fsp3) is 0.824. The van der Waals surface area contributed by atoms with Gasteiger partial charge in [-0.15, -0.1) is 0 Å². The van der Waals surface area contributed by atoms with E-state index >= 15 is 0 Å². The monoisotopic (exact) mass is 383 g/mol. The Balaban J connectivity index is 3.10. The number of methoxy groups -OCH3 is 1. The smallest absolute Gasteiger partial charge is 0.408 e. The quantitative estimate of drug-likeness (QED) is 0.344. The molecule has 0 aromatic heterocycles. The molecule has 1 heterocycles. The Bertz CT molecular complexity index is 631. The zero-order valence-corrected chi connectivity index (χ0v) is 17.0. The highest BCUT2D eigenvalue weighted by molar-refractivity contribution is 5.91. The Morgan fingerprint density at radius 2 is 1.81 bits per heavy atom. The van der Waals surface area contributed by atoms with Crippen molar-refractivity contribution >= 4 is 18.0 Å². The lowest BCUT2D eigenvalue weighted by Crippen LogP contribution is -2.57. The molecule has 1 aliphatic heterocycles. The minimum absolute atomic E-state index is 0.0746. The van der Waals surface area contributed by atoms with Gasteiger partial charge in [-0.25, -0.2) is 9.59 Å². The van der Waals surface area contributed by atoms with Crippen LogP contribution in [0.5, 0.6) is 0 Å². The van der Waals surface area contributed by atoms with Crippen molar-refractivity contribution in [1.29, 1.82) is 0 Å². The molecule has 0 saturated carbocycles. The van der Waals surface area contributed by atoms with Crippen LogP contribution in [0.2, 0.25) is 0 Å². The van der Waals surface area contributed by atoms with Crippen LogP contribution in [0.15, 0.2) is 5.11 Å². The Morgan fingerprint density at radius 3 is 2.26 bits per heavy atom. The van der Waals surface area contributed by atoms with Crippen LogP contribution in [0, 0.1) is 5.41 Å². The van der Waals surface area contributed by atoms with Gasteiger partial charge >= 0.3 is 12.1 Å². The highest BCUT2D eigenvalue weighted by atomic mass is 16.6. The number of nitrogens with zero attached hydrogens (tertiary/aromatic N) is 4. The van der Waals surface area contributed by atoms with Crippen molar-refractivity contribution in [2.45, 2.75) is 71.7 Å². The van der Waals surface area contributed by atoms with Crippen molar-refractivity contribution < 1.29 is 23.9 Å². The molecule has 1 fully saturated rings. The molecule has 0 bridgehead atoms. The largest absolute Gasteiger partial charge is 0.467 e. The van der Waals surface area contributed by atoms with E-state index in [-0.39, 0.29) is 13.0 Å². The van der Waals surface area contributed by atoms with Crippen molar-refractivity contribution in [2.24, 2.45) is 10.5 Å². The number of carbonyl (C=O) groups excluding carboxylic acids is 3. The van der Waals surface area contributed by atoms with Gasteiger partial charge in [-0.3, -0.25) is 4.79 Å². The second kappa shape index (κ2) is 8.47. The Labute approximate surface area is 159 Å². The number of likely N-dealkylation sites (tertiary alicyclic amines) is 1. The number of carbonyl (C=O) groups is 3. The molecule has 0 aliphatic carbocycles. The number of alkyl carbamates (subject to hydrolysis) is 1. The van der Waals surface area contributed by atoms with Gasteiger partial charge in [0.15, 0.2) is 0 Å². The van der Waals surface area contributed by atoms with Gasteiger partial charge in [0.05, 0.1) is 13.2 Å². The van der Waals surface area contributed by atoms with Gasteiger partial charge in [0, 0.05) is 11.5 Å². The molecule has 10 nitrogen and oxygen atoms in total. The summed E-state index contributed by atoms with van der Waals surface area (Å²) >= 11 is 0. The molecule has 0 spiro atoms. The molecule has 10 heteroatoms. The number of esters is 1. The minimum atomic E-state index is -0.940. The first-order valence-electron chi connectivity index (χ1n) is 8.72. The maximum Gasteiger partial charge on any atom is 0.408 e. The first kappa shape index (κ1) is 22.6. The fourth-order valence-corrected chi connectivity index (χ4v) is 2.81. The molecular weight excluding hydrogens is 354 g/mol. The van der Waals surface area contributed by atoms with Crippen LogP contribution in [0.25, 0.3) is 10.4 Å². The summed E-state index contributed by atoms with van der Waals surface area (Å²) in [5.74, 6) is -1.05. The number of hydrogen-bond acceptors (Lipinski definition) is 6. The molecule has 27 heavy (non-hydrogen) atoms. The summed E-state index contributed by atoms with van der Waals surface area (Å²) in [7, 11) is 1.23. The molecule has 0 radical (unpaired) electrons. The normalized spacial score (nSPS) is 21.1. The molecule has 0 aromatic rings. The van der Waals surface area contributed by atoms with E-state index in [9.17, 15) is 14.4 Å². The van der Waals surface area contributed by atoms with E-state index in [1.54, 1.807) is 41.5 Å². The Morgan fingerprint density at radius 1 is 1.22 bits per heavy atom. The average Bonchev–Trinajstić information content (AvgIpc) is 2.93. The molecule has 0 aromatic carbocycles. The second-order valence-corrected chi connectivity index (χ2v) is 8.57. The standard InChI is InChI=1S/C17H29N5O5/c1-16(2,3)12(19-15(25)27-17(4,5)6)13(23)22-9-10(20-21-18)8-11(22)14(24)26-7/h10-12H,8-9H2,1-7H3,(H,19,25)/t10-,11-,12+/m0/s1. The molecule has 1 rings (SSSR count). The van der Waals surface area contributed by atoms with Gasteiger partial charge < -0.3 is 19.7 Å². The molecular formula is C17H29N5O5. The third kappa shape index (κ3) is 6.32. The minimum Gasteiger partial charge on any atom is -0.467 e. The van der Waals surface area contributed by atoms with E-state index in [0.717, 1.165) is 0 Å². The maximum absolute atomic E-state index is 13.2. The van der Waals surface area contributed by atoms with Crippen LogP contribution >= 0.6 is 0 Å². The van der Waals surface area contributed by atoms with Crippen LogP contribution in [0.4, 0.5) is 4.79 Å². The first-order valence-corrected chi connectivity index (χ1v) is 8.72. The van der Waals surface area contributed by atoms with E-state index in [0.29, 0.717) is 0 Å². The van der Waals surface area contributed by atoms with E-state index in [1.807, 2.05) is 0 Å². The van der Waals surface area contributed by atoms with Gasteiger partial charge in [-0.05, 0) is 38.1 Å².